The van der Waals surface area contributed by atoms with Gasteiger partial charge in [0, 0.05) is 5.56 Å². The molecule has 1 amide bonds. The van der Waals surface area contributed by atoms with Crippen molar-refractivity contribution >= 4 is 40.8 Å². The van der Waals surface area contributed by atoms with Crippen LogP contribution in [-0.4, -0.2) is 17.0 Å². The number of anilines is 1. The summed E-state index contributed by atoms with van der Waals surface area (Å²) in [6, 6.07) is 8.97. The van der Waals surface area contributed by atoms with Gasteiger partial charge in [0.05, 0.1) is 21.3 Å². The van der Waals surface area contributed by atoms with Crippen LogP contribution >= 0.6 is 23.2 Å². The van der Waals surface area contributed by atoms with Crippen LogP contribution in [0.1, 0.15) is 26.3 Å². The summed E-state index contributed by atoms with van der Waals surface area (Å²) in [5.74, 6) is -1.46. The molecule has 0 spiro atoms. The average molecular weight is 324 g/mol. The van der Waals surface area contributed by atoms with E-state index in [1.54, 1.807) is 19.1 Å². The zero-order chi connectivity index (χ0) is 15.6. The molecule has 0 aliphatic rings. The van der Waals surface area contributed by atoms with E-state index in [0.717, 1.165) is 5.56 Å². The molecule has 4 nitrogen and oxygen atoms in total. The van der Waals surface area contributed by atoms with Crippen molar-refractivity contribution in [3.63, 3.8) is 0 Å². The highest BCUT2D eigenvalue weighted by Crippen LogP contribution is 2.33. The fourth-order valence-corrected chi connectivity index (χ4v) is 2.19. The van der Waals surface area contributed by atoms with Gasteiger partial charge in [0.1, 0.15) is 0 Å². The highest BCUT2D eigenvalue weighted by atomic mass is 35.5. The van der Waals surface area contributed by atoms with Crippen LogP contribution in [0.4, 0.5) is 5.69 Å². The summed E-state index contributed by atoms with van der Waals surface area (Å²) >= 11 is 12.1. The minimum Gasteiger partial charge on any atom is -0.478 e. The molecule has 0 aliphatic heterocycles. The van der Waals surface area contributed by atoms with Crippen molar-refractivity contribution in [1.82, 2.24) is 0 Å². The molecular formula is C15H11Cl2NO3. The minimum absolute atomic E-state index is 0.109. The number of carboxylic acids is 1. The fourth-order valence-electron chi connectivity index (χ4n) is 1.72. The Kier molecular flexibility index (Phi) is 4.50. The first kappa shape index (κ1) is 15.4. The second-order valence-electron chi connectivity index (χ2n) is 4.39. The summed E-state index contributed by atoms with van der Waals surface area (Å²) in [6.45, 7) is 1.80. The Morgan fingerprint density at radius 1 is 1.00 bits per heavy atom. The smallest absolute Gasteiger partial charge is 0.335 e. The number of halogens is 2. The van der Waals surface area contributed by atoms with Crippen molar-refractivity contribution in [2.45, 2.75) is 6.92 Å². The SMILES string of the molecule is Cc1ccc(Cl)c(NC(=O)c2ccc(C(=O)O)cc2)c1Cl. The largest absolute Gasteiger partial charge is 0.478 e. The predicted octanol–water partition coefficient (Wildman–Crippen LogP) is 4.25. The highest BCUT2D eigenvalue weighted by molar-refractivity contribution is 6.40. The number of hydrogen-bond acceptors (Lipinski definition) is 2. The van der Waals surface area contributed by atoms with E-state index in [0.29, 0.717) is 21.3 Å². The first-order valence-electron chi connectivity index (χ1n) is 5.99. The third-order valence-electron chi connectivity index (χ3n) is 2.92. The number of aryl methyl sites for hydroxylation is 1. The Hall–Kier alpha value is -2.04. The lowest BCUT2D eigenvalue weighted by Crippen LogP contribution is -2.13. The molecule has 0 radical (unpaired) electrons. The van der Waals surface area contributed by atoms with Gasteiger partial charge in [-0.25, -0.2) is 4.79 Å². The summed E-state index contributed by atoms with van der Waals surface area (Å²) in [6.07, 6.45) is 0. The van der Waals surface area contributed by atoms with Crippen molar-refractivity contribution in [1.29, 1.82) is 0 Å². The number of hydrogen-bond donors (Lipinski definition) is 2. The molecule has 21 heavy (non-hydrogen) atoms. The number of carbonyl (C=O) groups is 2. The third-order valence-corrected chi connectivity index (χ3v) is 3.72. The van der Waals surface area contributed by atoms with Crippen LogP contribution < -0.4 is 5.32 Å². The molecule has 0 fully saturated rings. The van der Waals surface area contributed by atoms with Crippen molar-refractivity contribution in [3.8, 4) is 0 Å². The Morgan fingerprint density at radius 2 is 1.57 bits per heavy atom. The van der Waals surface area contributed by atoms with Crippen LogP contribution in [0.5, 0.6) is 0 Å². The molecule has 0 saturated carbocycles. The minimum atomic E-state index is -1.05. The molecule has 0 bridgehead atoms. The normalized spacial score (nSPS) is 10.2. The van der Waals surface area contributed by atoms with E-state index < -0.39 is 11.9 Å². The number of amides is 1. The van der Waals surface area contributed by atoms with E-state index >= 15 is 0 Å². The topological polar surface area (TPSA) is 66.4 Å². The van der Waals surface area contributed by atoms with Crippen molar-refractivity contribution < 1.29 is 14.7 Å². The molecule has 0 unspecified atom stereocenters. The van der Waals surface area contributed by atoms with E-state index in [4.69, 9.17) is 28.3 Å². The molecule has 0 heterocycles. The highest BCUT2D eigenvalue weighted by Gasteiger charge is 2.13. The zero-order valence-corrected chi connectivity index (χ0v) is 12.5. The molecule has 2 rings (SSSR count). The van der Waals surface area contributed by atoms with Gasteiger partial charge in [-0.2, -0.15) is 0 Å². The molecule has 108 valence electrons. The molecule has 2 aromatic rings. The van der Waals surface area contributed by atoms with E-state index in [1.165, 1.54) is 24.3 Å². The van der Waals surface area contributed by atoms with Crippen molar-refractivity contribution in [2.24, 2.45) is 0 Å². The molecule has 0 atom stereocenters. The molecular weight excluding hydrogens is 313 g/mol. The molecule has 0 saturated heterocycles. The number of nitrogens with one attached hydrogen (secondary N) is 1. The van der Waals surface area contributed by atoms with E-state index in [-0.39, 0.29) is 5.56 Å². The Bertz CT molecular complexity index is 712. The van der Waals surface area contributed by atoms with Crippen LogP contribution in [0.2, 0.25) is 10.0 Å². The summed E-state index contributed by atoms with van der Waals surface area (Å²) in [4.78, 5) is 22.9. The van der Waals surface area contributed by atoms with Crippen LogP contribution in [0.25, 0.3) is 0 Å². The van der Waals surface area contributed by atoms with Gasteiger partial charge in [0.15, 0.2) is 0 Å². The molecule has 2 aromatic carbocycles. The third kappa shape index (κ3) is 3.35. The molecule has 0 aromatic heterocycles. The number of benzene rings is 2. The standard InChI is InChI=1S/C15H11Cl2NO3/c1-8-2-7-11(16)13(12(8)17)18-14(19)9-3-5-10(6-4-9)15(20)21/h2-7H,1H3,(H,18,19)(H,20,21). The maximum Gasteiger partial charge on any atom is 0.335 e. The summed E-state index contributed by atoms with van der Waals surface area (Å²) < 4.78 is 0. The van der Waals surface area contributed by atoms with E-state index in [2.05, 4.69) is 5.32 Å². The van der Waals surface area contributed by atoms with E-state index in [9.17, 15) is 9.59 Å². The van der Waals surface area contributed by atoms with Crippen molar-refractivity contribution in [2.75, 3.05) is 5.32 Å². The van der Waals surface area contributed by atoms with Crippen molar-refractivity contribution in [3.05, 3.63) is 63.1 Å². The van der Waals surface area contributed by atoms with Gasteiger partial charge in [-0.1, -0.05) is 29.3 Å². The second kappa shape index (κ2) is 6.16. The van der Waals surface area contributed by atoms with Gasteiger partial charge < -0.3 is 10.4 Å². The first-order valence-corrected chi connectivity index (χ1v) is 6.75. The van der Waals surface area contributed by atoms with Crippen LogP contribution in [0.15, 0.2) is 36.4 Å². The summed E-state index contributed by atoms with van der Waals surface area (Å²) in [5.41, 5.74) is 1.55. The van der Waals surface area contributed by atoms with Gasteiger partial charge in [-0.05, 0) is 42.8 Å². The fraction of sp³-hybridized carbons (Fsp3) is 0.0667. The first-order chi connectivity index (χ1) is 9.90. The van der Waals surface area contributed by atoms with Gasteiger partial charge in [0.2, 0.25) is 0 Å². The predicted molar refractivity (Wildman–Crippen MR) is 82.6 cm³/mol. The Labute approximate surface area is 131 Å². The van der Waals surface area contributed by atoms with Crippen LogP contribution in [0.3, 0.4) is 0 Å². The maximum atomic E-state index is 12.1. The Balaban J connectivity index is 2.26. The summed E-state index contributed by atoms with van der Waals surface area (Å²) in [5, 5.41) is 12.2. The van der Waals surface area contributed by atoms with Crippen LogP contribution in [0, 0.1) is 6.92 Å². The van der Waals surface area contributed by atoms with Crippen LogP contribution in [-0.2, 0) is 0 Å². The van der Waals surface area contributed by atoms with E-state index in [1.807, 2.05) is 0 Å². The second-order valence-corrected chi connectivity index (χ2v) is 5.18. The Morgan fingerprint density at radius 3 is 2.14 bits per heavy atom. The van der Waals surface area contributed by atoms with Gasteiger partial charge >= 0.3 is 5.97 Å². The monoisotopic (exact) mass is 323 g/mol. The molecule has 0 aliphatic carbocycles. The number of rotatable bonds is 3. The maximum absolute atomic E-state index is 12.1. The number of aromatic carboxylic acids is 1. The quantitative estimate of drug-likeness (QED) is 0.887. The average Bonchev–Trinajstić information content (AvgIpc) is 2.47. The molecule has 6 heteroatoms. The lowest BCUT2D eigenvalue weighted by atomic mass is 10.1. The molecule has 2 N–H and O–H groups in total. The van der Waals surface area contributed by atoms with Gasteiger partial charge in [-0.15, -0.1) is 0 Å². The number of carboxylic acid groups (broad SMARTS) is 1. The van der Waals surface area contributed by atoms with Gasteiger partial charge in [0.25, 0.3) is 5.91 Å². The zero-order valence-electron chi connectivity index (χ0n) is 11.0. The summed E-state index contributed by atoms with van der Waals surface area (Å²) in [7, 11) is 0. The number of carbonyl (C=O) groups excluding carboxylic acids is 1. The lowest BCUT2D eigenvalue weighted by molar-refractivity contribution is 0.0696. The van der Waals surface area contributed by atoms with Gasteiger partial charge in [-0.3, -0.25) is 4.79 Å². The lowest BCUT2D eigenvalue weighted by Gasteiger charge is -2.11.